The molecule has 0 aliphatic carbocycles. The second-order valence-electron chi connectivity index (χ2n) is 4.90. The maximum absolute atomic E-state index is 12.4. The number of piperidine rings is 1. The molecule has 6 heteroatoms. The molecule has 4 nitrogen and oxygen atoms in total. The normalized spacial score (nSPS) is 26.2. The van der Waals surface area contributed by atoms with Crippen LogP contribution in [0.2, 0.25) is 0 Å². The maximum atomic E-state index is 12.4. The molecule has 0 spiro atoms. The molecule has 0 radical (unpaired) electrons. The number of rotatable bonds is 2. The molecule has 0 N–H and O–H groups in total. The monoisotopic (exact) mass is 332 g/mol. The topological polar surface area (TPSA) is 50.3 Å². The van der Waals surface area contributed by atoms with Gasteiger partial charge in [0.25, 0.3) is 10.0 Å². The Bertz CT molecular complexity index is 533. The van der Waals surface area contributed by atoms with Gasteiger partial charge in [-0.3, -0.25) is 0 Å². The molecule has 1 aromatic heterocycles. The molecule has 1 fully saturated rings. The van der Waals surface area contributed by atoms with Gasteiger partial charge < -0.3 is 0 Å². The van der Waals surface area contributed by atoms with Crippen molar-refractivity contribution in [1.29, 1.82) is 0 Å². The molecule has 0 amide bonds. The van der Waals surface area contributed by atoms with E-state index in [2.05, 4.69) is 34.8 Å². The molecule has 1 aromatic rings. The van der Waals surface area contributed by atoms with E-state index in [1.165, 1.54) is 0 Å². The van der Waals surface area contributed by atoms with Crippen molar-refractivity contribution in [2.75, 3.05) is 13.1 Å². The Morgan fingerprint density at radius 3 is 2.67 bits per heavy atom. The van der Waals surface area contributed by atoms with Crippen molar-refractivity contribution < 1.29 is 8.42 Å². The lowest BCUT2D eigenvalue weighted by Gasteiger charge is -2.34. The first-order valence-electron chi connectivity index (χ1n) is 6.04. The summed E-state index contributed by atoms with van der Waals surface area (Å²) in [4.78, 5) is 4.05. The summed E-state index contributed by atoms with van der Waals surface area (Å²) in [5.74, 6) is 0.965. The molecule has 0 saturated carbocycles. The fourth-order valence-electron chi connectivity index (χ4n) is 2.11. The van der Waals surface area contributed by atoms with Crippen LogP contribution >= 0.6 is 15.9 Å². The zero-order valence-corrected chi connectivity index (χ0v) is 12.9. The van der Waals surface area contributed by atoms with Gasteiger partial charge in [-0.05, 0) is 46.3 Å². The van der Waals surface area contributed by atoms with Crippen molar-refractivity contribution in [3.63, 3.8) is 0 Å². The van der Waals surface area contributed by atoms with Crippen LogP contribution in [0.4, 0.5) is 0 Å². The summed E-state index contributed by atoms with van der Waals surface area (Å²) in [6.45, 7) is 5.44. The van der Waals surface area contributed by atoms with E-state index in [0.29, 0.717) is 29.5 Å². The Kier molecular flexibility index (Phi) is 4.08. The standard InChI is InChI=1S/C12H17BrN2O2S/c1-9-6-7-15(8-10(9)2)18(16,17)12-5-3-4-11(13)14-12/h3-5,9-10H,6-8H2,1-2H3/t9-,10+/m0/s1. The summed E-state index contributed by atoms with van der Waals surface area (Å²) >= 11 is 3.21. The van der Waals surface area contributed by atoms with Crippen LogP contribution < -0.4 is 0 Å². The van der Waals surface area contributed by atoms with Crippen LogP contribution in [-0.2, 0) is 10.0 Å². The summed E-state index contributed by atoms with van der Waals surface area (Å²) < 4.78 is 27.0. The van der Waals surface area contributed by atoms with Crippen molar-refractivity contribution in [2.45, 2.75) is 25.3 Å². The Balaban J connectivity index is 2.27. The minimum absolute atomic E-state index is 0.124. The minimum Gasteiger partial charge on any atom is -0.228 e. The Morgan fingerprint density at radius 2 is 2.06 bits per heavy atom. The van der Waals surface area contributed by atoms with E-state index < -0.39 is 10.0 Å². The van der Waals surface area contributed by atoms with Crippen molar-refractivity contribution in [2.24, 2.45) is 11.8 Å². The molecule has 0 bridgehead atoms. The third kappa shape index (κ3) is 2.75. The second-order valence-corrected chi connectivity index (χ2v) is 7.60. The van der Waals surface area contributed by atoms with Crippen LogP contribution in [0.15, 0.2) is 27.8 Å². The molecule has 1 aliphatic heterocycles. The Hall–Kier alpha value is -0.460. The molecule has 2 rings (SSSR count). The van der Waals surface area contributed by atoms with Gasteiger partial charge in [-0.15, -0.1) is 0 Å². The summed E-state index contributed by atoms with van der Waals surface area (Å²) in [5.41, 5.74) is 0. The van der Waals surface area contributed by atoms with Gasteiger partial charge in [-0.25, -0.2) is 13.4 Å². The molecular weight excluding hydrogens is 316 g/mol. The molecule has 2 heterocycles. The van der Waals surface area contributed by atoms with E-state index in [1.54, 1.807) is 22.5 Å². The highest BCUT2D eigenvalue weighted by atomic mass is 79.9. The summed E-state index contributed by atoms with van der Waals surface area (Å²) in [6.07, 6.45) is 0.911. The average Bonchev–Trinajstić information content (AvgIpc) is 2.32. The molecule has 1 saturated heterocycles. The van der Waals surface area contributed by atoms with Gasteiger partial charge in [0.05, 0.1) is 0 Å². The maximum Gasteiger partial charge on any atom is 0.260 e. The van der Waals surface area contributed by atoms with Crippen molar-refractivity contribution in [3.05, 3.63) is 22.8 Å². The minimum atomic E-state index is -3.45. The molecule has 18 heavy (non-hydrogen) atoms. The lowest BCUT2D eigenvalue weighted by molar-refractivity contribution is 0.212. The highest BCUT2D eigenvalue weighted by molar-refractivity contribution is 9.10. The highest BCUT2D eigenvalue weighted by Gasteiger charge is 2.32. The van der Waals surface area contributed by atoms with E-state index in [1.807, 2.05) is 0 Å². The fourth-order valence-corrected chi connectivity index (χ4v) is 4.08. The number of pyridine rings is 1. The van der Waals surface area contributed by atoms with Crippen LogP contribution in [0, 0.1) is 11.8 Å². The Labute approximate surface area is 117 Å². The first-order chi connectivity index (χ1) is 8.41. The van der Waals surface area contributed by atoms with Crippen LogP contribution in [0.3, 0.4) is 0 Å². The van der Waals surface area contributed by atoms with Gasteiger partial charge >= 0.3 is 0 Å². The van der Waals surface area contributed by atoms with Crippen LogP contribution in [0.25, 0.3) is 0 Å². The van der Waals surface area contributed by atoms with Crippen molar-refractivity contribution >= 4 is 26.0 Å². The zero-order valence-electron chi connectivity index (χ0n) is 10.5. The smallest absolute Gasteiger partial charge is 0.228 e. The predicted molar refractivity (Wildman–Crippen MR) is 73.6 cm³/mol. The average molecular weight is 333 g/mol. The summed E-state index contributed by atoms with van der Waals surface area (Å²) in [6, 6.07) is 4.96. The SMILES string of the molecule is C[C@@H]1CN(S(=O)(=O)c2cccc(Br)n2)CC[C@@H]1C. The van der Waals surface area contributed by atoms with Gasteiger partial charge in [-0.2, -0.15) is 4.31 Å². The van der Waals surface area contributed by atoms with Gasteiger partial charge in [0.2, 0.25) is 0 Å². The number of hydrogen-bond acceptors (Lipinski definition) is 3. The van der Waals surface area contributed by atoms with E-state index in [9.17, 15) is 8.42 Å². The van der Waals surface area contributed by atoms with Crippen molar-refractivity contribution in [1.82, 2.24) is 9.29 Å². The third-order valence-corrected chi connectivity index (χ3v) is 5.80. The predicted octanol–water partition coefficient (Wildman–Crippen LogP) is 2.51. The zero-order chi connectivity index (χ0) is 13.3. The van der Waals surface area contributed by atoms with E-state index in [-0.39, 0.29) is 5.03 Å². The fraction of sp³-hybridized carbons (Fsp3) is 0.583. The van der Waals surface area contributed by atoms with Crippen molar-refractivity contribution in [3.8, 4) is 0 Å². The van der Waals surface area contributed by atoms with Crippen LogP contribution in [-0.4, -0.2) is 30.8 Å². The second kappa shape index (κ2) is 5.27. The largest absolute Gasteiger partial charge is 0.260 e. The van der Waals surface area contributed by atoms with E-state index in [0.717, 1.165) is 6.42 Å². The third-order valence-electron chi connectivity index (χ3n) is 3.59. The van der Waals surface area contributed by atoms with Gasteiger partial charge in [0.1, 0.15) is 4.60 Å². The number of hydrogen-bond donors (Lipinski definition) is 0. The molecule has 2 atom stereocenters. The van der Waals surface area contributed by atoms with Gasteiger partial charge in [0.15, 0.2) is 5.03 Å². The number of nitrogens with zero attached hydrogens (tertiary/aromatic N) is 2. The van der Waals surface area contributed by atoms with E-state index in [4.69, 9.17) is 0 Å². The summed E-state index contributed by atoms with van der Waals surface area (Å²) in [7, 11) is -3.45. The number of sulfonamides is 1. The van der Waals surface area contributed by atoms with Crippen LogP contribution in [0.5, 0.6) is 0 Å². The summed E-state index contributed by atoms with van der Waals surface area (Å²) in [5, 5.41) is 0.124. The first kappa shape index (κ1) is 14.0. The first-order valence-corrected chi connectivity index (χ1v) is 8.27. The molecule has 1 aliphatic rings. The lowest BCUT2D eigenvalue weighted by atomic mass is 9.90. The van der Waals surface area contributed by atoms with Crippen LogP contribution in [0.1, 0.15) is 20.3 Å². The molecule has 0 unspecified atom stereocenters. The van der Waals surface area contributed by atoms with Gasteiger partial charge in [-0.1, -0.05) is 19.9 Å². The molecule has 100 valence electrons. The highest BCUT2D eigenvalue weighted by Crippen LogP contribution is 2.26. The lowest BCUT2D eigenvalue weighted by Crippen LogP contribution is -2.42. The Morgan fingerprint density at radius 1 is 1.33 bits per heavy atom. The number of halogens is 1. The number of aromatic nitrogens is 1. The molecular formula is C12H17BrN2O2S. The van der Waals surface area contributed by atoms with E-state index >= 15 is 0 Å². The molecule has 0 aromatic carbocycles. The quantitative estimate of drug-likeness (QED) is 0.782. The van der Waals surface area contributed by atoms with Gasteiger partial charge in [0, 0.05) is 13.1 Å².